The van der Waals surface area contributed by atoms with E-state index in [1.807, 2.05) is 60.3 Å². The molecule has 1 N–H and O–H groups in total. The third-order valence-electron chi connectivity index (χ3n) is 6.59. The number of fused-ring (bicyclic) bond motifs is 1. The number of benzene rings is 2. The van der Waals surface area contributed by atoms with Gasteiger partial charge in [-0.1, -0.05) is 54.2 Å². The maximum absolute atomic E-state index is 13.6. The van der Waals surface area contributed by atoms with Crippen LogP contribution in [0, 0.1) is 6.92 Å². The lowest BCUT2D eigenvalue weighted by molar-refractivity contribution is 0.130. The zero-order valence-corrected chi connectivity index (χ0v) is 22.7. The number of carbonyl (C=O) groups is 1. The van der Waals surface area contributed by atoms with E-state index in [9.17, 15) is 4.79 Å². The molecule has 0 unspecified atom stereocenters. The average molecular weight is 532 g/mol. The first-order valence-corrected chi connectivity index (χ1v) is 14.1. The molecule has 0 aliphatic carbocycles. The summed E-state index contributed by atoms with van der Waals surface area (Å²) < 4.78 is 7.71. The van der Waals surface area contributed by atoms with E-state index in [4.69, 9.17) is 14.7 Å². The van der Waals surface area contributed by atoms with Crippen molar-refractivity contribution in [3.63, 3.8) is 0 Å². The van der Waals surface area contributed by atoms with Crippen LogP contribution in [0.4, 0.5) is 16.3 Å². The summed E-state index contributed by atoms with van der Waals surface area (Å²) in [5, 5.41) is 9.26. The summed E-state index contributed by atoms with van der Waals surface area (Å²) in [5.41, 5.74) is 3.66. The van der Waals surface area contributed by atoms with Crippen LogP contribution in [0.15, 0.2) is 66.0 Å². The van der Waals surface area contributed by atoms with Gasteiger partial charge < -0.3 is 10.1 Å². The molecule has 0 spiro atoms. The van der Waals surface area contributed by atoms with E-state index in [1.54, 1.807) is 11.1 Å². The maximum atomic E-state index is 13.6. The number of thioether (sulfide) groups is 1. The smallest absolute Gasteiger partial charge is 0.420 e. The van der Waals surface area contributed by atoms with Gasteiger partial charge in [0, 0.05) is 39.3 Å². The first kappa shape index (κ1) is 26.1. The highest BCUT2D eigenvalue weighted by molar-refractivity contribution is 7.98. The standard InChI is InChI=1S/C28H33N7O2S/c1-21-7-6-10-23(19-21)35(28(36)37-18-17-33-15-12-29-13-16-33)26-24-20-30-34(25(24)31-27(32-26)38-2)14-11-22-8-4-3-5-9-22/h3-10,19-20,29H,11-18H2,1-2H3. The van der Waals surface area contributed by atoms with Crippen molar-refractivity contribution in [3.05, 3.63) is 71.9 Å². The van der Waals surface area contributed by atoms with Gasteiger partial charge in [0.05, 0.1) is 17.3 Å². The van der Waals surface area contributed by atoms with E-state index < -0.39 is 6.09 Å². The zero-order chi connectivity index (χ0) is 26.3. The highest BCUT2D eigenvalue weighted by Gasteiger charge is 2.26. The molecule has 1 aliphatic rings. The Morgan fingerprint density at radius 2 is 1.89 bits per heavy atom. The number of aromatic nitrogens is 4. The number of nitrogens with one attached hydrogen (secondary N) is 1. The van der Waals surface area contributed by atoms with Crippen molar-refractivity contribution in [2.24, 2.45) is 0 Å². The molecule has 9 nitrogen and oxygen atoms in total. The predicted molar refractivity (Wildman–Crippen MR) is 151 cm³/mol. The van der Waals surface area contributed by atoms with Gasteiger partial charge in [-0.3, -0.25) is 4.90 Å². The van der Waals surface area contributed by atoms with Gasteiger partial charge >= 0.3 is 6.09 Å². The van der Waals surface area contributed by atoms with Crippen LogP contribution in [-0.4, -0.2) is 76.3 Å². The Kier molecular flexibility index (Phi) is 8.52. The Morgan fingerprint density at radius 3 is 2.66 bits per heavy atom. The van der Waals surface area contributed by atoms with Crippen molar-refractivity contribution < 1.29 is 9.53 Å². The second-order valence-corrected chi connectivity index (χ2v) is 10.0. The molecule has 1 aliphatic heterocycles. The zero-order valence-electron chi connectivity index (χ0n) is 21.8. The molecule has 0 radical (unpaired) electrons. The first-order chi connectivity index (χ1) is 18.6. The summed E-state index contributed by atoms with van der Waals surface area (Å²) in [6, 6.07) is 18.1. The molecule has 10 heteroatoms. The number of hydrogen-bond donors (Lipinski definition) is 1. The molecule has 0 saturated carbocycles. The van der Waals surface area contributed by atoms with E-state index in [1.165, 1.54) is 17.3 Å². The fourth-order valence-corrected chi connectivity index (χ4v) is 4.92. The maximum Gasteiger partial charge on any atom is 0.420 e. The third-order valence-corrected chi connectivity index (χ3v) is 7.14. The van der Waals surface area contributed by atoms with Crippen LogP contribution in [0.2, 0.25) is 0 Å². The Labute approximate surface area is 227 Å². The molecule has 3 heterocycles. The SMILES string of the molecule is CSc1nc(N(C(=O)OCCN2CCNCC2)c2cccc(C)c2)c2cnn(CCc3ccccc3)c2n1. The van der Waals surface area contributed by atoms with Crippen LogP contribution in [0.1, 0.15) is 11.1 Å². The van der Waals surface area contributed by atoms with Crippen LogP contribution in [0.5, 0.6) is 0 Å². The van der Waals surface area contributed by atoms with Crippen LogP contribution in [0.25, 0.3) is 11.0 Å². The van der Waals surface area contributed by atoms with Crippen molar-refractivity contribution in [1.29, 1.82) is 0 Å². The van der Waals surface area contributed by atoms with E-state index >= 15 is 0 Å². The fourth-order valence-electron chi connectivity index (χ4n) is 4.57. The second kappa shape index (κ2) is 12.4. The molecule has 0 atom stereocenters. The van der Waals surface area contributed by atoms with Crippen LogP contribution in [-0.2, 0) is 17.7 Å². The lowest BCUT2D eigenvalue weighted by Crippen LogP contribution is -2.45. The topological polar surface area (TPSA) is 88.4 Å². The molecule has 2 aromatic carbocycles. The number of piperazine rings is 1. The monoisotopic (exact) mass is 531 g/mol. The summed E-state index contributed by atoms with van der Waals surface area (Å²) in [5.74, 6) is 0.475. The van der Waals surface area contributed by atoms with Crippen molar-refractivity contribution in [1.82, 2.24) is 30.0 Å². The number of nitrogens with zero attached hydrogens (tertiary/aromatic N) is 6. The summed E-state index contributed by atoms with van der Waals surface area (Å²) >= 11 is 1.43. The van der Waals surface area contributed by atoms with Gasteiger partial charge in [0.1, 0.15) is 6.61 Å². The molecule has 38 heavy (non-hydrogen) atoms. The Hall–Kier alpha value is -3.47. The molecule has 198 valence electrons. The van der Waals surface area contributed by atoms with Crippen molar-refractivity contribution in [2.75, 3.05) is 50.5 Å². The van der Waals surface area contributed by atoms with Crippen molar-refractivity contribution in [3.8, 4) is 0 Å². The minimum atomic E-state index is -0.463. The molecule has 0 bridgehead atoms. The summed E-state index contributed by atoms with van der Waals surface area (Å²) in [4.78, 5) is 27.0. The molecule has 4 aromatic rings. The van der Waals surface area contributed by atoms with Crippen molar-refractivity contribution in [2.45, 2.75) is 25.0 Å². The Bertz CT molecular complexity index is 1370. The highest BCUT2D eigenvalue weighted by atomic mass is 32.2. The summed E-state index contributed by atoms with van der Waals surface area (Å²) in [6.45, 7) is 7.47. The normalized spacial score (nSPS) is 14.1. The third kappa shape index (κ3) is 6.15. The number of carbonyl (C=O) groups excluding carboxylic acids is 1. The molecule has 1 amide bonds. The summed E-state index contributed by atoms with van der Waals surface area (Å²) in [6.07, 6.45) is 4.03. The Balaban J connectivity index is 1.46. The van der Waals surface area contributed by atoms with E-state index in [0.29, 0.717) is 47.4 Å². The van der Waals surface area contributed by atoms with Gasteiger partial charge in [-0.05, 0) is 42.9 Å². The molecule has 2 aromatic heterocycles. The van der Waals surface area contributed by atoms with Gasteiger partial charge in [0.2, 0.25) is 0 Å². The molecule has 1 fully saturated rings. The van der Waals surface area contributed by atoms with Gasteiger partial charge in [-0.25, -0.2) is 24.3 Å². The first-order valence-electron chi connectivity index (χ1n) is 12.9. The number of rotatable bonds is 9. The lowest BCUT2D eigenvalue weighted by Gasteiger charge is -2.27. The number of hydrogen-bond acceptors (Lipinski definition) is 8. The van der Waals surface area contributed by atoms with E-state index in [0.717, 1.165) is 38.2 Å². The second-order valence-electron chi connectivity index (χ2n) is 9.25. The predicted octanol–water partition coefficient (Wildman–Crippen LogP) is 4.28. The fraction of sp³-hybridized carbons (Fsp3) is 0.357. The largest absolute Gasteiger partial charge is 0.448 e. The van der Waals surface area contributed by atoms with Gasteiger partial charge in [0.25, 0.3) is 0 Å². The van der Waals surface area contributed by atoms with Gasteiger partial charge in [-0.15, -0.1) is 0 Å². The number of aryl methyl sites for hydroxylation is 3. The van der Waals surface area contributed by atoms with Crippen molar-refractivity contribution >= 4 is 40.4 Å². The van der Waals surface area contributed by atoms with Gasteiger partial charge in [-0.2, -0.15) is 5.10 Å². The van der Waals surface area contributed by atoms with Gasteiger partial charge in [0.15, 0.2) is 16.6 Å². The summed E-state index contributed by atoms with van der Waals surface area (Å²) in [7, 11) is 0. The number of anilines is 2. The number of amides is 1. The Morgan fingerprint density at radius 1 is 1.08 bits per heavy atom. The van der Waals surface area contributed by atoms with Crippen LogP contribution >= 0.6 is 11.8 Å². The van der Waals surface area contributed by atoms with E-state index in [2.05, 4.69) is 27.4 Å². The highest BCUT2D eigenvalue weighted by Crippen LogP contribution is 2.33. The minimum Gasteiger partial charge on any atom is -0.448 e. The van der Waals surface area contributed by atoms with Crippen LogP contribution < -0.4 is 10.2 Å². The minimum absolute atomic E-state index is 0.307. The average Bonchev–Trinajstić information content (AvgIpc) is 3.36. The quantitative estimate of drug-likeness (QED) is 0.253. The molecule has 5 rings (SSSR count). The van der Waals surface area contributed by atoms with E-state index in [-0.39, 0.29) is 0 Å². The molecule has 1 saturated heterocycles. The lowest BCUT2D eigenvalue weighted by atomic mass is 10.1. The molecular weight excluding hydrogens is 498 g/mol. The number of ether oxygens (including phenoxy) is 1. The molecular formula is C28H33N7O2S. The van der Waals surface area contributed by atoms with Crippen LogP contribution in [0.3, 0.4) is 0 Å².